The minimum absolute atomic E-state index is 0.0670. The molecule has 0 spiro atoms. The number of nitrogens with zero attached hydrogens (tertiary/aromatic N) is 3. The number of methoxy groups -OCH3 is 1. The molecule has 26 heavy (non-hydrogen) atoms. The number of imidazole rings is 1. The fraction of sp³-hybridized carbons (Fsp3) is 0.250. The highest BCUT2D eigenvalue weighted by Gasteiger charge is 2.06. The first-order valence-corrected chi connectivity index (χ1v) is 8.53. The van der Waals surface area contributed by atoms with Gasteiger partial charge in [-0.05, 0) is 37.1 Å². The van der Waals surface area contributed by atoms with Gasteiger partial charge in [0, 0.05) is 42.8 Å². The summed E-state index contributed by atoms with van der Waals surface area (Å²) in [7, 11) is 1.61. The van der Waals surface area contributed by atoms with Crippen molar-refractivity contribution in [3.05, 3.63) is 66.5 Å². The van der Waals surface area contributed by atoms with Crippen molar-refractivity contribution in [3.8, 4) is 16.9 Å². The highest BCUT2D eigenvalue weighted by Crippen LogP contribution is 2.22. The van der Waals surface area contributed by atoms with Gasteiger partial charge in [-0.3, -0.25) is 9.78 Å². The maximum atomic E-state index is 12.3. The number of carbonyl (C=O) groups is 1. The van der Waals surface area contributed by atoms with Gasteiger partial charge < -0.3 is 14.6 Å². The molecule has 3 rings (SSSR count). The van der Waals surface area contributed by atoms with Crippen molar-refractivity contribution in [2.75, 3.05) is 13.7 Å². The second-order valence-electron chi connectivity index (χ2n) is 5.97. The van der Waals surface area contributed by atoms with Gasteiger partial charge in [0.1, 0.15) is 11.6 Å². The topological polar surface area (TPSA) is 69.0 Å². The van der Waals surface area contributed by atoms with Crippen molar-refractivity contribution in [3.63, 3.8) is 0 Å². The molecule has 1 aromatic carbocycles. The smallest absolute Gasteiger partial charge is 0.251 e. The summed E-state index contributed by atoms with van der Waals surface area (Å²) < 4.78 is 7.27. The van der Waals surface area contributed by atoms with Crippen LogP contribution in [0.2, 0.25) is 0 Å². The lowest BCUT2D eigenvalue weighted by Crippen LogP contribution is -2.25. The minimum Gasteiger partial charge on any atom is -0.495 e. The number of benzene rings is 1. The Kier molecular flexibility index (Phi) is 5.63. The molecular weight excluding hydrogens is 328 g/mol. The van der Waals surface area contributed by atoms with Gasteiger partial charge in [0.05, 0.1) is 13.3 Å². The van der Waals surface area contributed by atoms with Crippen LogP contribution in [-0.2, 0) is 6.54 Å². The lowest BCUT2D eigenvalue weighted by atomic mass is 10.1. The lowest BCUT2D eigenvalue weighted by Gasteiger charge is -2.08. The molecule has 0 radical (unpaired) electrons. The van der Waals surface area contributed by atoms with E-state index in [4.69, 9.17) is 4.74 Å². The molecule has 3 aromatic rings. The Balaban J connectivity index is 1.54. The van der Waals surface area contributed by atoms with E-state index in [1.165, 1.54) is 0 Å². The van der Waals surface area contributed by atoms with Crippen LogP contribution in [0.15, 0.2) is 55.1 Å². The molecule has 0 atom stereocenters. The van der Waals surface area contributed by atoms with Crippen LogP contribution in [0.3, 0.4) is 0 Å². The molecule has 0 aliphatic rings. The zero-order chi connectivity index (χ0) is 18.4. The number of aromatic nitrogens is 3. The van der Waals surface area contributed by atoms with Gasteiger partial charge in [0.2, 0.25) is 0 Å². The summed E-state index contributed by atoms with van der Waals surface area (Å²) in [6.45, 7) is 3.43. The number of hydrogen-bond donors (Lipinski definition) is 1. The molecule has 0 aliphatic heterocycles. The van der Waals surface area contributed by atoms with Crippen molar-refractivity contribution < 1.29 is 9.53 Å². The van der Waals surface area contributed by atoms with E-state index in [0.29, 0.717) is 17.9 Å². The minimum atomic E-state index is -0.0670. The average Bonchev–Trinajstić information content (AvgIpc) is 3.10. The van der Waals surface area contributed by atoms with Crippen LogP contribution in [0.25, 0.3) is 11.1 Å². The van der Waals surface area contributed by atoms with Crippen LogP contribution in [-0.4, -0.2) is 34.1 Å². The molecule has 6 heteroatoms. The molecule has 0 saturated heterocycles. The number of aryl methyl sites for hydroxylation is 2. The first-order valence-electron chi connectivity index (χ1n) is 8.53. The molecule has 1 N–H and O–H groups in total. The maximum absolute atomic E-state index is 12.3. The Bertz CT molecular complexity index is 872. The summed E-state index contributed by atoms with van der Waals surface area (Å²) in [5, 5.41) is 2.95. The number of nitrogens with one attached hydrogen (secondary N) is 1. The SMILES string of the molecule is COc1cncc(-c2ccc(C(=O)NCCCn3ccnc3C)cc2)c1. The first kappa shape index (κ1) is 17.7. The van der Waals surface area contributed by atoms with Crippen LogP contribution in [0.5, 0.6) is 5.75 Å². The first-order chi connectivity index (χ1) is 12.7. The molecule has 2 heterocycles. The number of rotatable bonds is 7. The van der Waals surface area contributed by atoms with E-state index in [1.807, 2.05) is 43.5 Å². The Morgan fingerprint density at radius 3 is 2.69 bits per heavy atom. The molecular formula is C20H22N4O2. The van der Waals surface area contributed by atoms with E-state index in [1.54, 1.807) is 25.7 Å². The van der Waals surface area contributed by atoms with E-state index in [9.17, 15) is 4.79 Å². The molecule has 134 valence electrons. The average molecular weight is 350 g/mol. The zero-order valence-corrected chi connectivity index (χ0v) is 15.0. The third kappa shape index (κ3) is 4.27. The zero-order valence-electron chi connectivity index (χ0n) is 15.0. The molecule has 0 bridgehead atoms. The van der Waals surface area contributed by atoms with E-state index in [0.717, 1.165) is 29.9 Å². The third-order valence-corrected chi connectivity index (χ3v) is 4.21. The normalized spacial score (nSPS) is 10.5. The highest BCUT2D eigenvalue weighted by atomic mass is 16.5. The summed E-state index contributed by atoms with van der Waals surface area (Å²) in [5.74, 6) is 1.62. The Morgan fingerprint density at radius 2 is 2.00 bits per heavy atom. The number of pyridine rings is 1. The summed E-state index contributed by atoms with van der Waals surface area (Å²) in [6.07, 6.45) is 8.03. The van der Waals surface area contributed by atoms with Crippen molar-refractivity contribution in [2.45, 2.75) is 19.9 Å². The van der Waals surface area contributed by atoms with Crippen molar-refractivity contribution >= 4 is 5.91 Å². The largest absolute Gasteiger partial charge is 0.495 e. The summed E-state index contributed by atoms with van der Waals surface area (Å²) in [5.41, 5.74) is 2.58. The van der Waals surface area contributed by atoms with Crippen LogP contribution in [0.1, 0.15) is 22.6 Å². The maximum Gasteiger partial charge on any atom is 0.251 e. The van der Waals surface area contributed by atoms with Gasteiger partial charge in [0.25, 0.3) is 5.91 Å². The predicted molar refractivity (Wildman–Crippen MR) is 100 cm³/mol. The van der Waals surface area contributed by atoms with Gasteiger partial charge in [-0.2, -0.15) is 0 Å². The Labute approximate surface area is 152 Å². The van der Waals surface area contributed by atoms with Crippen molar-refractivity contribution in [1.29, 1.82) is 0 Å². The Morgan fingerprint density at radius 1 is 1.19 bits per heavy atom. The van der Waals surface area contributed by atoms with E-state index < -0.39 is 0 Å². The fourth-order valence-corrected chi connectivity index (χ4v) is 2.70. The van der Waals surface area contributed by atoms with Gasteiger partial charge in [0.15, 0.2) is 0 Å². The highest BCUT2D eigenvalue weighted by molar-refractivity contribution is 5.94. The van der Waals surface area contributed by atoms with E-state index in [-0.39, 0.29) is 5.91 Å². The number of amides is 1. The third-order valence-electron chi connectivity index (χ3n) is 4.21. The lowest BCUT2D eigenvalue weighted by molar-refractivity contribution is 0.0952. The fourth-order valence-electron chi connectivity index (χ4n) is 2.70. The second-order valence-corrected chi connectivity index (χ2v) is 5.97. The van der Waals surface area contributed by atoms with Crippen LogP contribution in [0.4, 0.5) is 0 Å². The van der Waals surface area contributed by atoms with Crippen LogP contribution in [0, 0.1) is 6.92 Å². The van der Waals surface area contributed by atoms with Crippen LogP contribution < -0.4 is 10.1 Å². The van der Waals surface area contributed by atoms with Gasteiger partial charge in [-0.15, -0.1) is 0 Å². The molecule has 0 aliphatic carbocycles. The summed E-state index contributed by atoms with van der Waals surface area (Å²) in [6, 6.07) is 9.40. The Hall–Kier alpha value is -3.15. The molecule has 0 saturated carbocycles. The van der Waals surface area contributed by atoms with Gasteiger partial charge >= 0.3 is 0 Å². The van der Waals surface area contributed by atoms with E-state index in [2.05, 4.69) is 19.9 Å². The monoisotopic (exact) mass is 350 g/mol. The summed E-state index contributed by atoms with van der Waals surface area (Å²) in [4.78, 5) is 20.6. The van der Waals surface area contributed by atoms with Crippen molar-refractivity contribution in [2.24, 2.45) is 0 Å². The number of hydrogen-bond acceptors (Lipinski definition) is 4. The molecule has 6 nitrogen and oxygen atoms in total. The van der Waals surface area contributed by atoms with E-state index >= 15 is 0 Å². The number of ether oxygens (including phenoxy) is 1. The standard InChI is InChI=1S/C20H22N4O2/c1-15-22-9-11-24(15)10-3-8-23-20(25)17-6-4-16(5-7-17)18-12-19(26-2)14-21-13-18/h4-7,9,11-14H,3,8,10H2,1-2H3,(H,23,25). The quantitative estimate of drug-likeness (QED) is 0.665. The predicted octanol–water partition coefficient (Wildman–Crippen LogP) is 3.08. The molecule has 0 unspecified atom stereocenters. The molecule has 2 aromatic heterocycles. The van der Waals surface area contributed by atoms with Gasteiger partial charge in [-0.25, -0.2) is 4.98 Å². The molecule has 1 amide bonds. The second kappa shape index (κ2) is 8.29. The van der Waals surface area contributed by atoms with Gasteiger partial charge in [-0.1, -0.05) is 12.1 Å². The molecule has 0 fully saturated rings. The summed E-state index contributed by atoms with van der Waals surface area (Å²) >= 11 is 0. The number of carbonyl (C=O) groups excluding carboxylic acids is 1. The van der Waals surface area contributed by atoms with Crippen molar-refractivity contribution in [1.82, 2.24) is 19.9 Å². The van der Waals surface area contributed by atoms with Crippen LogP contribution >= 0.6 is 0 Å².